The fourth-order valence-corrected chi connectivity index (χ4v) is 2.86. The molecule has 0 aliphatic rings. The number of Topliss-reactive ketones (excluding diaryl/α,β-unsaturated/α-hetero) is 1. The second kappa shape index (κ2) is 5.08. The van der Waals surface area contributed by atoms with Crippen molar-refractivity contribution in [3.05, 3.63) is 33.8 Å². The zero-order valence-electron chi connectivity index (χ0n) is 8.18. The number of alkyl halides is 1. The lowest BCUT2D eigenvalue weighted by molar-refractivity contribution is -0.116. The first-order valence-corrected chi connectivity index (χ1v) is 6.20. The largest absolute Gasteiger partial charge is 0.298 e. The van der Waals surface area contributed by atoms with Crippen LogP contribution in [-0.2, 0) is 11.2 Å². The van der Waals surface area contributed by atoms with E-state index in [1.54, 1.807) is 6.92 Å². The smallest absolute Gasteiger partial charge is 0.147 e. The number of carbonyl (C=O) groups is 1. The van der Waals surface area contributed by atoms with Crippen molar-refractivity contribution in [1.29, 1.82) is 0 Å². The van der Waals surface area contributed by atoms with Crippen molar-refractivity contribution in [1.82, 2.24) is 0 Å². The second-order valence-corrected chi connectivity index (χ2v) is 4.91. The first kappa shape index (κ1) is 11.9. The minimum atomic E-state index is -0.201. The van der Waals surface area contributed by atoms with Crippen LogP contribution in [0.5, 0.6) is 0 Å². The van der Waals surface area contributed by atoms with Crippen LogP contribution in [0, 0.1) is 0 Å². The number of aryl methyl sites for hydroxylation is 1. The number of hydrogen-bond acceptors (Lipinski definition) is 1. The monoisotopic (exact) mass is 318 g/mol. The van der Waals surface area contributed by atoms with Gasteiger partial charge in [-0.2, -0.15) is 0 Å². The molecule has 0 radical (unpaired) electrons. The van der Waals surface area contributed by atoms with Gasteiger partial charge in [-0.25, -0.2) is 0 Å². The highest BCUT2D eigenvalue weighted by atomic mass is 79.9. The van der Waals surface area contributed by atoms with Gasteiger partial charge in [0.05, 0.1) is 4.83 Å². The van der Waals surface area contributed by atoms with Crippen molar-refractivity contribution in [3.8, 4) is 0 Å². The molecule has 14 heavy (non-hydrogen) atoms. The summed E-state index contributed by atoms with van der Waals surface area (Å²) in [5.41, 5.74) is 2.26. The summed E-state index contributed by atoms with van der Waals surface area (Å²) in [6, 6.07) is 6.01. The average Bonchev–Trinajstić information content (AvgIpc) is 2.16. The van der Waals surface area contributed by atoms with Crippen LogP contribution in [0.1, 0.15) is 29.8 Å². The van der Waals surface area contributed by atoms with E-state index in [4.69, 9.17) is 0 Å². The molecule has 1 unspecified atom stereocenters. The molecule has 0 aliphatic carbocycles. The maximum Gasteiger partial charge on any atom is 0.147 e. The van der Waals surface area contributed by atoms with Crippen LogP contribution in [0.2, 0.25) is 0 Å². The molecule has 0 aliphatic heterocycles. The van der Waals surface area contributed by atoms with E-state index in [1.165, 1.54) is 5.56 Å². The first-order chi connectivity index (χ1) is 6.57. The number of ketones is 1. The van der Waals surface area contributed by atoms with Gasteiger partial charge in [-0.15, -0.1) is 0 Å². The van der Waals surface area contributed by atoms with Crippen LogP contribution in [0.25, 0.3) is 0 Å². The van der Waals surface area contributed by atoms with Crippen LogP contribution < -0.4 is 0 Å². The fourth-order valence-electron chi connectivity index (χ4n) is 1.38. The molecule has 3 heteroatoms. The van der Waals surface area contributed by atoms with Gasteiger partial charge < -0.3 is 0 Å². The van der Waals surface area contributed by atoms with Crippen molar-refractivity contribution in [2.75, 3.05) is 0 Å². The zero-order valence-corrected chi connectivity index (χ0v) is 11.4. The van der Waals surface area contributed by atoms with Crippen molar-refractivity contribution in [2.45, 2.75) is 25.1 Å². The lowest BCUT2D eigenvalue weighted by atomic mass is 10.0. The number of carbonyl (C=O) groups excluding carboxylic acids is 1. The summed E-state index contributed by atoms with van der Waals surface area (Å²) >= 11 is 6.89. The Bertz CT molecular complexity index is 347. The standard InChI is InChI=1S/C11H12Br2O/c1-3-8-5-4-6-9(12)10(8)11(13)7(2)14/h4-6,11H,3H2,1-2H3. The molecule has 0 heterocycles. The Morgan fingerprint density at radius 1 is 1.50 bits per heavy atom. The highest BCUT2D eigenvalue weighted by molar-refractivity contribution is 9.11. The third kappa shape index (κ3) is 2.45. The molecule has 1 nitrogen and oxygen atoms in total. The lowest BCUT2D eigenvalue weighted by Gasteiger charge is -2.13. The topological polar surface area (TPSA) is 17.1 Å². The van der Waals surface area contributed by atoms with Crippen LogP contribution in [0.3, 0.4) is 0 Å². The van der Waals surface area contributed by atoms with Gasteiger partial charge in [-0.1, -0.05) is 50.9 Å². The van der Waals surface area contributed by atoms with Crippen LogP contribution in [-0.4, -0.2) is 5.78 Å². The Morgan fingerprint density at radius 3 is 2.64 bits per heavy atom. The van der Waals surface area contributed by atoms with E-state index in [1.807, 2.05) is 12.1 Å². The molecule has 1 aromatic carbocycles. The molecule has 0 amide bonds. The number of benzene rings is 1. The van der Waals surface area contributed by atoms with E-state index in [-0.39, 0.29) is 10.6 Å². The predicted molar refractivity (Wildman–Crippen MR) is 65.9 cm³/mol. The summed E-state index contributed by atoms with van der Waals surface area (Å²) in [6.07, 6.45) is 0.935. The van der Waals surface area contributed by atoms with Crippen LogP contribution in [0.4, 0.5) is 0 Å². The normalized spacial score (nSPS) is 12.6. The third-order valence-electron chi connectivity index (χ3n) is 2.13. The maximum atomic E-state index is 11.3. The highest BCUT2D eigenvalue weighted by Crippen LogP contribution is 2.33. The number of hydrogen-bond donors (Lipinski definition) is 0. The Balaban J connectivity index is 3.23. The van der Waals surface area contributed by atoms with E-state index in [2.05, 4.69) is 44.8 Å². The van der Waals surface area contributed by atoms with Gasteiger partial charge in [0.25, 0.3) is 0 Å². The molecule has 0 spiro atoms. The summed E-state index contributed by atoms with van der Waals surface area (Å²) < 4.78 is 0.994. The Labute approximate surface area is 101 Å². The Morgan fingerprint density at radius 2 is 2.14 bits per heavy atom. The second-order valence-electron chi connectivity index (χ2n) is 3.14. The average molecular weight is 320 g/mol. The van der Waals surface area contributed by atoms with Gasteiger partial charge in [0.1, 0.15) is 5.78 Å². The van der Waals surface area contributed by atoms with Gasteiger partial charge in [0.2, 0.25) is 0 Å². The molecule has 0 bridgehead atoms. The molecule has 76 valence electrons. The summed E-state index contributed by atoms with van der Waals surface area (Å²) in [7, 11) is 0. The fraction of sp³-hybridized carbons (Fsp3) is 0.364. The van der Waals surface area contributed by atoms with Crippen molar-refractivity contribution in [2.24, 2.45) is 0 Å². The summed E-state index contributed by atoms with van der Waals surface area (Å²) in [6.45, 7) is 3.68. The molecular weight excluding hydrogens is 308 g/mol. The third-order valence-corrected chi connectivity index (χ3v) is 3.93. The van der Waals surface area contributed by atoms with E-state index in [0.29, 0.717) is 0 Å². The van der Waals surface area contributed by atoms with Crippen LogP contribution in [0.15, 0.2) is 22.7 Å². The van der Waals surface area contributed by atoms with Gasteiger partial charge >= 0.3 is 0 Å². The van der Waals surface area contributed by atoms with E-state index in [9.17, 15) is 4.79 Å². The van der Waals surface area contributed by atoms with Crippen molar-refractivity contribution < 1.29 is 4.79 Å². The van der Waals surface area contributed by atoms with Gasteiger partial charge in [-0.05, 0) is 30.5 Å². The SMILES string of the molecule is CCc1cccc(Br)c1C(Br)C(C)=O. The van der Waals surface area contributed by atoms with Gasteiger partial charge in [0, 0.05) is 4.47 Å². The first-order valence-electron chi connectivity index (χ1n) is 4.49. The molecule has 0 fully saturated rings. The van der Waals surface area contributed by atoms with E-state index in [0.717, 1.165) is 16.5 Å². The highest BCUT2D eigenvalue weighted by Gasteiger charge is 2.18. The number of halogens is 2. The molecule has 1 rings (SSSR count). The molecule has 1 atom stereocenters. The van der Waals surface area contributed by atoms with Crippen molar-refractivity contribution >= 4 is 37.6 Å². The molecular formula is C11H12Br2O. The van der Waals surface area contributed by atoms with Gasteiger partial charge in [-0.3, -0.25) is 4.79 Å². The van der Waals surface area contributed by atoms with Gasteiger partial charge in [0.15, 0.2) is 0 Å². The summed E-state index contributed by atoms with van der Waals surface area (Å²) in [5.74, 6) is 0.131. The Kier molecular flexibility index (Phi) is 4.32. The zero-order chi connectivity index (χ0) is 10.7. The molecule has 0 N–H and O–H groups in total. The summed E-state index contributed by atoms with van der Waals surface area (Å²) in [4.78, 5) is 11.1. The number of rotatable bonds is 3. The summed E-state index contributed by atoms with van der Waals surface area (Å²) in [5, 5.41) is 0. The molecule has 0 saturated carbocycles. The van der Waals surface area contributed by atoms with E-state index < -0.39 is 0 Å². The molecule has 1 aromatic rings. The molecule has 0 saturated heterocycles. The minimum Gasteiger partial charge on any atom is -0.298 e. The quantitative estimate of drug-likeness (QED) is 0.769. The predicted octanol–water partition coefficient (Wildman–Crippen LogP) is 4.04. The van der Waals surface area contributed by atoms with E-state index >= 15 is 0 Å². The van der Waals surface area contributed by atoms with Crippen molar-refractivity contribution in [3.63, 3.8) is 0 Å². The lowest BCUT2D eigenvalue weighted by Crippen LogP contribution is -2.05. The van der Waals surface area contributed by atoms with Crippen LogP contribution >= 0.6 is 31.9 Å². The molecule has 0 aromatic heterocycles. The minimum absolute atomic E-state index is 0.131. The Hall–Kier alpha value is -0.150. The maximum absolute atomic E-state index is 11.3.